The summed E-state index contributed by atoms with van der Waals surface area (Å²) >= 11 is 1.40. The van der Waals surface area contributed by atoms with Crippen molar-refractivity contribution in [3.05, 3.63) is 0 Å². The molecule has 0 bridgehead atoms. The Morgan fingerprint density at radius 1 is 1.33 bits per heavy atom. The van der Waals surface area contributed by atoms with Crippen molar-refractivity contribution in [2.45, 2.75) is 12.6 Å². The van der Waals surface area contributed by atoms with Crippen LogP contribution in [0.1, 0.15) is 6.42 Å². The zero-order valence-corrected chi connectivity index (χ0v) is 7.47. The van der Waals surface area contributed by atoms with Gasteiger partial charge in [-0.25, -0.2) is 0 Å². The van der Waals surface area contributed by atoms with Crippen LogP contribution in [0, 0.1) is 5.92 Å². The van der Waals surface area contributed by atoms with Crippen molar-refractivity contribution >= 4 is 11.8 Å². The predicted molar refractivity (Wildman–Crippen MR) is 44.4 cm³/mol. The van der Waals surface area contributed by atoms with Gasteiger partial charge < -0.3 is 5.32 Å². The Morgan fingerprint density at radius 3 is 2.42 bits per heavy atom. The third kappa shape index (κ3) is 4.21. The third-order valence-electron chi connectivity index (χ3n) is 1.75. The Morgan fingerprint density at radius 2 is 2.00 bits per heavy atom. The van der Waals surface area contributed by atoms with Crippen LogP contribution in [-0.4, -0.2) is 30.8 Å². The summed E-state index contributed by atoms with van der Waals surface area (Å²) in [6.45, 7) is 1.94. The Balaban J connectivity index is 1.88. The summed E-state index contributed by atoms with van der Waals surface area (Å²) in [5.74, 6) is 1.67. The molecule has 0 amide bonds. The first-order chi connectivity index (χ1) is 5.58. The molecule has 0 radical (unpaired) electrons. The van der Waals surface area contributed by atoms with E-state index in [9.17, 15) is 13.2 Å². The lowest BCUT2D eigenvalue weighted by atomic mass is 10.1. The lowest BCUT2D eigenvalue weighted by Gasteiger charge is -2.26. The van der Waals surface area contributed by atoms with Crippen LogP contribution in [0.4, 0.5) is 13.2 Å². The largest absolute Gasteiger partial charge is 0.389 e. The summed E-state index contributed by atoms with van der Waals surface area (Å²) in [4.78, 5) is 0. The Kier molecular flexibility index (Phi) is 3.71. The van der Waals surface area contributed by atoms with Gasteiger partial charge in [0.05, 0.1) is 6.42 Å². The quantitative estimate of drug-likeness (QED) is 0.694. The monoisotopic (exact) mass is 199 g/mol. The number of thioether (sulfide) groups is 1. The van der Waals surface area contributed by atoms with Crippen LogP contribution < -0.4 is 5.32 Å². The molecule has 1 rings (SSSR count). The minimum Gasteiger partial charge on any atom is -0.316 e. The third-order valence-corrected chi connectivity index (χ3v) is 2.95. The van der Waals surface area contributed by atoms with Gasteiger partial charge in [-0.2, -0.15) is 24.9 Å². The van der Waals surface area contributed by atoms with Crippen molar-refractivity contribution in [3.8, 4) is 0 Å². The first-order valence-electron chi connectivity index (χ1n) is 3.93. The molecule has 0 aromatic heterocycles. The van der Waals surface area contributed by atoms with E-state index in [0.717, 1.165) is 18.8 Å². The van der Waals surface area contributed by atoms with Gasteiger partial charge in [-0.05, 0) is 24.8 Å². The van der Waals surface area contributed by atoms with Crippen molar-refractivity contribution in [1.29, 1.82) is 0 Å². The van der Waals surface area contributed by atoms with E-state index in [4.69, 9.17) is 0 Å². The van der Waals surface area contributed by atoms with E-state index < -0.39 is 12.6 Å². The zero-order chi connectivity index (χ0) is 9.03. The number of alkyl halides is 3. The van der Waals surface area contributed by atoms with Crippen LogP contribution in [-0.2, 0) is 0 Å². The molecule has 1 fully saturated rings. The van der Waals surface area contributed by atoms with E-state index in [1.165, 1.54) is 11.8 Å². The second-order valence-electron chi connectivity index (χ2n) is 2.96. The molecule has 1 heterocycles. The molecule has 1 aliphatic rings. The molecule has 1 aliphatic heterocycles. The summed E-state index contributed by atoms with van der Waals surface area (Å²) in [7, 11) is 0. The Hall–Kier alpha value is 0.1000. The van der Waals surface area contributed by atoms with Gasteiger partial charge in [-0.3, -0.25) is 0 Å². The van der Waals surface area contributed by atoms with Crippen LogP contribution in [0.25, 0.3) is 0 Å². The molecular weight excluding hydrogens is 187 g/mol. The summed E-state index contributed by atoms with van der Waals surface area (Å²) in [5, 5.41) is 3.08. The maximum atomic E-state index is 11.7. The summed E-state index contributed by atoms with van der Waals surface area (Å²) in [6, 6.07) is 0. The minimum absolute atomic E-state index is 0.208. The highest BCUT2D eigenvalue weighted by Gasteiger charge is 2.26. The van der Waals surface area contributed by atoms with Gasteiger partial charge in [0.2, 0.25) is 0 Å². The first kappa shape index (κ1) is 10.2. The predicted octanol–water partition coefficient (Wildman–Crippen LogP) is 1.89. The molecule has 12 heavy (non-hydrogen) atoms. The molecule has 72 valence electrons. The minimum atomic E-state index is -3.98. The molecule has 0 saturated carbocycles. The molecule has 5 heteroatoms. The highest BCUT2D eigenvalue weighted by Crippen LogP contribution is 2.23. The molecule has 0 aromatic rings. The van der Waals surface area contributed by atoms with E-state index in [-0.39, 0.29) is 5.75 Å². The summed E-state index contributed by atoms with van der Waals surface area (Å²) in [6.07, 6.45) is -4.64. The summed E-state index contributed by atoms with van der Waals surface area (Å²) in [5.41, 5.74) is 0. The number of nitrogens with one attached hydrogen (secondary N) is 1. The number of rotatable bonds is 4. The number of hydrogen-bond donors (Lipinski definition) is 1. The van der Waals surface area contributed by atoms with Gasteiger partial charge in [0.1, 0.15) is 0 Å². The van der Waals surface area contributed by atoms with Gasteiger partial charge in [0.15, 0.2) is 0 Å². The summed E-state index contributed by atoms with van der Waals surface area (Å²) < 4.78 is 35.0. The maximum absolute atomic E-state index is 11.7. The van der Waals surface area contributed by atoms with E-state index >= 15 is 0 Å². The van der Waals surface area contributed by atoms with E-state index in [0.29, 0.717) is 5.92 Å². The van der Waals surface area contributed by atoms with Crippen LogP contribution in [0.5, 0.6) is 0 Å². The van der Waals surface area contributed by atoms with Crippen molar-refractivity contribution < 1.29 is 13.2 Å². The van der Waals surface area contributed by atoms with Gasteiger partial charge in [0.25, 0.3) is 0 Å². The van der Waals surface area contributed by atoms with E-state index in [2.05, 4.69) is 5.32 Å². The highest BCUT2D eigenvalue weighted by molar-refractivity contribution is 7.99. The fourth-order valence-electron chi connectivity index (χ4n) is 0.904. The number of halogens is 3. The SMILES string of the molecule is FC(F)(F)CCSCC1CNC1. The van der Waals surface area contributed by atoms with Gasteiger partial charge >= 0.3 is 6.18 Å². The van der Waals surface area contributed by atoms with Crippen molar-refractivity contribution in [3.63, 3.8) is 0 Å². The molecular formula is C7H12F3NS. The van der Waals surface area contributed by atoms with Crippen molar-refractivity contribution in [1.82, 2.24) is 5.32 Å². The van der Waals surface area contributed by atoms with Gasteiger partial charge in [-0.1, -0.05) is 0 Å². The molecule has 0 aromatic carbocycles. The molecule has 0 unspecified atom stereocenters. The first-order valence-corrected chi connectivity index (χ1v) is 5.08. The normalized spacial score (nSPS) is 19.2. The van der Waals surface area contributed by atoms with Crippen LogP contribution in [0.2, 0.25) is 0 Å². The van der Waals surface area contributed by atoms with Crippen molar-refractivity contribution in [2.24, 2.45) is 5.92 Å². The zero-order valence-electron chi connectivity index (χ0n) is 6.66. The average Bonchev–Trinajstić information content (AvgIpc) is 1.80. The van der Waals surface area contributed by atoms with Crippen LogP contribution >= 0.6 is 11.8 Å². The smallest absolute Gasteiger partial charge is 0.316 e. The lowest BCUT2D eigenvalue weighted by Crippen LogP contribution is -2.43. The molecule has 0 aliphatic carbocycles. The van der Waals surface area contributed by atoms with Crippen molar-refractivity contribution in [2.75, 3.05) is 24.6 Å². The number of hydrogen-bond acceptors (Lipinski definition) is 2. The van der Waals surface area contributed by atoms with E-state index in [1.807, 2.05) is 0 Å². The fourth-order valence-corrected chi connectivity index (χ4v) is 2.02. The Bertz CT molecular complexity index is 133. The molecule has 0 spiro atoms. The second-order valence-corrected chi connectivity index (χ2v) is 4.11. The molecule has 1 saturated heterocycles. The van der Waals surface area contributed by atoms with Gasteiger partial charge in [0, 0.05) is 5.75 Å². The van der Waals surface area contributed by atoms with Crippen LogP contribution in [0.15, 0.2) is 0 Å². The Labute approximate surface area is 74.1 Å². The standard InChI is InChI=1S/C7H12F3NS/c8-7(9,10)1-2-12-5-6-3-11-4-6/h6,11H,1-5H2. The molecule has 1 N–H and O–H groups in total. The average molecular weight is 199 g/mol. The topological polar surface area (TPSA) is 12.0 Å². The fraction of sp³-hybridized carbons (Fsp3) is 1.00. The van der Waals surface area contributed by atoms with E-state index in [1.54, 1.807) is 0 Å². The van der Waals surface area contributed by atoms with Crippen LogP contribution in [0.3, 0.4) is 0 Å². The molecule has 1 nitrogen and oxygen atoms in total. The molecule has 0 atom stereocenters. The lowest BCUT2D eigenvalue weighted by molar-refractivity contribution is -0.129. The maximum Gasteiger partial charge on any atom is 0.389 e. The highest BCUT2D eigenvalue weighted by atomic mass is 32.2. The van der Waals surface area contributed by atoms with Gasteiger partial charge in [-0.15, -0.1) is 0 Å². The second kappa shape index (κ2) is 4.37.